The molecular weight excluding hydrogens is 470 g/mol. The van der Waals surface area contributed by atoms with Gasteiger partial charge in [0.1, 0.15) is 11.6 Å². The molecule has 1 aromatic carbocycles. The lowest BCUT2D eigenvalue weighted by atomic mass is 9.65. The molecule has 204 valence electrons. The smallest absolute Gasteiger partial charge is 0.250 e. The number of nitrogens with one attached hydrogen (secondary N) is 2. The highest BCUT2D eigenvalue weighted by atomic mass is 16.5. The minimum Gasteiger partial charge on any atom is -0.394 e. The number of benzene rings is 1. The van der Waals surface area contributed by atoms with Gasteiger partial charge < -0.3 is 25.4 Å². The van der Waals surface area contributed by atoms with Crippen molar-refractivity contribution in [1.29, 1.82) is 0 Å². The number of para-hydroxylation sites is 1. The first-order valence-electron chi connectivity index (χ1n) is 13.9. The summed E-state index contributed by atoms with van der Waals surface area (Å²) >= 11 is 0. The predicted octanol–water partition coefficient (Wildman–Crippen LogP) is 3.33. The van der Waals surface area contributed by atoms with Crippen LogP contribution in [0.25, 0.3) is 0 Å². The lowest BCUT2D eigenvalue weighted by Gasteiger charge is -2.39. The summed E-state index contributed by atoms with van der Waals surface area (Å²) in [7, 11) is 0. The van der Waals surface area contributed by atoms with Gasteiger partial charge in [-0.3, -0.25) is 14.4 Å². The quantitative estimate of drug-likeness (QED) is 0.445. The maximum absolute atomic E-state index is 14.3. The minimum absolute atomic E-state index is 0.0376. The van der Waals surface area contributed by atoms with E-state index in [-0.39, 0.29) is 30.2 Å². The fraction of sp³-hybridized carbons (Fsp3) is 0.690. The molecule has 8 nitrogen and oxygen atoms in total. The summed E-state index contributed by atoms with van der Waals surface area (Å²) in [6.45, 7) is 12.1. The molecular formula is C29H43N3O5. The topological polar surface area (TPSA) is 108 Å². The van der Waals surface area contributed by atoms with Crippen molar-refractivity contribution >= 4 is 23.4 Å². The van der Waals surface area contributed by atoms with Gasteiger partial charge in [0.2, 0.25) is 17.7 Å². The summed E-state index contributed by atoms with van der Waals surface area (Å²) in [5.41, 5.74) is 0.698. The van der Waals surface area contributed by atoms with Crippen LogP contribution in [0.15, 0.2) is 18.2 Å². The number of carbonyl (C=O) groups excluding carboxylic acids is 3. The number of amides is 3. The monoisotopic (exact) mass is 513 g/mol. The van der Waals surface area contributed by atoms with Crippen LogP contribution < -0.4 is 10.6 Å². The van der Waals surface area contributed by atoms with Crippen molar-refractivity contribution in [2.24, 2.45) is 17.8 Å². The lowest BCUT2D eigenvalue weighted by molar-refractivity contribution is -0.150. The van der Waals surface area contributed by atoms with Crippen molar-refractivity contribution in [3.63, 3.8) is 0 Å². The normalized spacial score (nSPS) is 31.8. The third-order valence-corrected chi connectivity index (χ3v) is 9.27. The maximum atomic E-state index is 14.3. The molecule has 0 aliphatic carbocycles. The number of likely N-dealkylation sites (tertiary alicyclic amines) is 1. The van der Waals surface area contributed by atoms with Crippen molar-refractivity contribution in [3.8, 4) is 0 Å². The van der Waals surface area contributed by atoms with E-state index >= 15 is 0 Å². The lowest BCUT2D eigenvalue weighted by Crippen LogP contribution is -2.57. The average molecular weight is 514 g/mol. The van der Waals surface area contributed by atoms with Gasteiger partial charge in [-0.1, -0.05) is 52.3 Å². The zero-order chi connectivity index (χ0) is 27.1. The summed E-state index contributed by atoms with van der Waals surface area (Å²) in [6.07, 6.45) is 3.25. The van der Waals surface area contributed by atoms with E-state index in [1.165, 1.54) is 0 Å². The van der Waals surface area contributed by atoms with Crippen LogP contribution in [0.3, 0.4) is 0 Å². The molecule has 0 saturated carbocycles. The van der Waals surface area contributed by atoms with E-state index in [1.807, 2.05) is 59.7 Å². The molecule has 8 heteroatoms. The second-order valence-corrected chi connectivity index (χ2v) is 11.3. The molecule has 1 aromatic rings. The van der Waals surface area contributed by atoms with Crippen molar-refractivity contribution in [3.05, 3.63) is 29.3 Å². The van der Waals surface area contributed by atoms with Crippen molar-refractivity contribution in [1.82, 2.24) is 10.2 Å². The summed E-state index contributed by atoms with van der Waals surface area (Å²) in [6, 6.07) is 4.33. The number of hydrogen-bond acceptors (Lipinski definition) is 5. The molecule has 3 heterocycles. The van der Waals surface area contributed by atoms with Gasteiger partial charge in [-0.2, -0.15) is 0 Å². The van der Waals surface area contributed by atoms with E-state index < -0.39 is 35.1 Å². The number of carbonyl (C=O) groups is 3. The van der Waals surface area contributed by atoms with Crippen LogP contribution in [-0.2, 0) is 19.1 Å². The number of ether oxygens (including phenoxy) is 1. The zero-order valence-electron chi connectivity index (χ0n) is 23.1. The number of aliphatic hydroxyl groups is 1. The van der Waals surface area contributed by atoms with Gasteiger partial charge in [-0.15, -0.1) is 0 Å². The highest BCUT2D eigenvalue weighted by Crippen LogP contribution is 2.64. The van der Waals surface area contributed by atoms with Crippen molar-refractivity contribution in [2.45, 2.75) is 96.9 Å². The Balaban J connectivity index is 1.82. The van der Waals surface area contributed by atoms with E-state index in [2.05, 4.69) is 10.6 Å². The van der Waals surface area contributed by atoms with Gasteiger partial charge in [0.15, 0.2) is 0 Å². The van der Waals surface area contributed by atoms with Gasteiger partial charge >= 0.3 is 0 Å². The number of fused-ring (bicyclic) bond motifs is 1. The number of rotatable bonds is 10. The van der Waals surface area contributed by atoms with Crippen LogP contribution in [0.1, 0.15) is 70.9 Å². The highest BCUT2D eigenvalue weighted by molar-refractivity contribution is 6.04. The van der Waals surface area contributed by atoms with Crippen LogP contribution >= 0.6 is 0 Å². The first kappa shape index (κ1) is 27.6. The number of aliphatic hydroxyl groups excluding tert-OH is 1. The Morgan fingerprint density at radius 1 is 1.16 bits per heavy atom. The van der Waals surface area contributed by atoms with Crippen molar-refractivity contribution < 1.29 is 24.2 Å². The first-order chi connectivity index (χ1) is 17.6. The van der Waals surface area contributed by atoms with E-state index in [0.717, 1.165) is 29.7 Å². The Bertz CT molecular complexity index is 1040. The highest BCUT2D eigenvalue weighted by Gasteiger charge is 2.79. The molecule has 37 heavy (non-hydrogen) atoms. The summed E-state index contributed by atoms with van der Waals surface area (Å²) in [5.74, 6) is -2.22. The Morgan fingerprint density at radius 2 is 1.84 bits per heavy atom. The number of nitrogens with zero attached hydrogens (tertiary/aromatic N) is 1. The van der Waals surface area contributed by atoms with Crippen molar-refractivity contribution in [2.75, 3.05) is 18.5 Å². The molecule has 2 unspecified atom stereocenters. The molecule has 1 spiro atoms. The van der Waals surface area contributed by atoms with Crippen LogP contribution in [0, 0.1) is 31.6 Å². The molecule has 0 aromatic heterocycles. The molecule has 0 radical (unpaired) electrons. The third-order valence-electron chi connectivity index (χ3n) is 9.27. The Hall–Kier alpha value is -2.45. The second kappa shape index (κ2) is 10.4. The zero-order valence-corrected chi connectivity index (χ0v) is 23.1. The molecule has 4 rings (SSSR count). The molecule has 3 aliphatic rings. The summed E-state index contributed by atoms with van der Waals surface area (Å²) < 4.78 is 6.81. The van der Waals surface area contributed by atoms with Gasteiger partial charge in [0.05, 0.1) is 30.1 Å². The molecule has 3 fully saturated rings. The standard InChI is InChI=1S/C29H43N3O5/c1-7-15-30-25(34)21-22-27(36)32(20(16-33)17(4)8-2)24(29(22)14-13-28(21,9-3)37-29)26(35)31-23-18(5)11-10-12-19(23)6/h10-12,17,20-22,24,33H,7-9,13-16H2,1-6H3,(H,30,34)(H,31,35)/t17-,20-,21+,22-,24?,28-,29?/m0/s1. The van der Waals surface area contributed by atoms with Crippen LogP contribution in [-0.4, -0.2) is 64.2 Å². The van der Waals surface area contributed by atoms with Crippen LogP contribution in [0.2, 0.25) is 0 Å². The van der Waals surface area contributed by atoms with Crippen LogP contribution in [0.5, 0.6) is 0 Å². The molecule has 7 atom stereocenters. The largest absolute Gasteiger partial charge is 0.394 e. The van der Waals surface area contributed by atoms with E-state index in [9.17, 15) is 19.5 Å². The van der Waals surface area contributed by atoms with Gasteiger partial charge in [0, 0.05) is 12.2 Å². The predicted molar refractivity (Wildman–Crippen MR) is 142 cm³/mol. The van der Waals surface area contributed by atoms with Gasteiger partial charge in [-0.25, -0.2) is 0 Å². The fourth-order valence-electron chi connectivity index (χ4n) is 7.09. The first-order valence-corrected chi connectivity index (χ1v) is 13.9. The third kappa shape index (κ3) is 4.16. The molecule has 3 N–H and O–H groups in total. The van der Waals surface area contributed by atoms with Gasteiger partial charge in [-0.05, 0) is 56.6 Å². The molecule has 3 saturated heterocycles. The molecule has 2 bridgehead atoms. The number of anilines is 1. The number of aryl methyl sites for hydroxylation is 2. The average Bonchev–Trinajstić information content (AvgIpc) is 3.49. The summed E-state index contributed by atoms with van der Waals surface area (Å²) in [4.78, 5) is 43.6. The Morgan fingerprint density at radius 3 is 2.41 bits per heavy atom. The molecule has 3 aliphatic heterocycles. The van der Waals surface area contributed by atoms with Gasteiger partial charge in [0.25, 0.3) is 0 Å². The van der Waals surface area contributed by atoms with E-state index in [1.54, 1.807) is 4.90 Å². The second-order valence-electron chi connectivity index (χ2n) is 11.3. The summed E-state index contributed by atoms with van der Waals surface area (Å²) in [5, 5.41) is 16.6. The fourth-order valence-corrected chi connectivity index (χ4v) is 7.09. The Labute approximate surface area is 220 Å². The van der Waals surface area contributed by atoms with E-state index in [0.29, 0.717) is 25.8 Å². The SMILES string of the molecule is CCCNC(=O)[C@H]1[C@H]2C(=O)N([C@@H](CO)[C@@H](C)CC)C(C(=O)Nc3c(C)cccc3C)C23CC[C@]1(CC)O3. The Kier molecular flexibility index (Phi) is 7.73. The maximum Gasteiger partial charge on any atom is 0.250 e. The number of hydrogen-bond donors (Lipinski definition) is 3. The minimum atomic E-state index is -1.11. The van der Waals surface area contributed by atoms with Crippen LogP contribution in [0.4, 0.5) is 5.69 Å². The molecule has 3 amide bonds. The van der Waals surface area contributed by atoms with E-state index in [4.69, 9.17) is 4.74 Å².